The molecule has 1 saturated heterocycles. The summed E-state index contributed by atoms with van der Waals surface area (Å²) < 4.78 is 5.42. The Balaban J connectivity index is 1.97. The van der Waals surface area contributed by atoms with Gasteiger partial charge >= 0.3 is 11.1 Å². The molecule has 2 atom stereocenters. The highest BCUT2D eigenvalue weighted by Crippen LogP contribution is 2.25. The highest BCUT2D eigenvalue weighted by atomic mass is 32.2. The summed E-state index contributed by atoms with van der Waals surface area (Å²) in [4.78, 5) is 37.8. The lowest BCUT2D eigenvalue weighted by molar-refractivity contribution is -0.143. The van der Waals surface area contributed by atoms with Crippen LogP contribution in [0.3, 0.4) is 0 Å². The SMILES string of the molecule is CCC(C)(C)C(=O)C(=O)[S+]1CCNC[C@H]1C(=O)OCCc1ccccc1. The zero-order valence-electron chi connectivity index (χ0n) is 15.7. The van der Waals surface area contributed by atoms with Gasteiger partial charge in [-0.1, -0.05) is 51.1 Å². The van der Waals surface area contributed by atoms with E-state index in [4.69, 9.17) is 4.74 Å². The maximum atomic E-state index is 12.7. The van der Waals surface area contributed by atoms with Crippen LogP contribution in [-0.4, -0.2) is 47.6 Å². The van der Waals surface area contributed by atoms with Crippen molar-refractivity contribution in [3.05, 3.63) is 35.9 Å². The Morgan fingerprint density at radius 1 is 1.23 bits per heavy atom. The van der Waals surface area contributed by atoms with Gasteiger partial charge in [0, 0.05) is 18.4 Å². The summed E-state index contributed by atoms with van der Waals surface area (Å²) in [5.41, 5.74) is 0.411. The number of ketones is 1. The molecule has 1 aromatic rings. The summed E-state index contributed by atoms with van der Waals surface area (Å²) in [6.07, 6.45) is 1.23. The first-order valence-electron chi connectivity index (χ1n) is 9.06. The Morgan fingerprint density at radius 2 is 1.92 bits per heavy atom. The van der Waals surface area contributed by atoms with Crippen molar-refractivity contribution in [2.24, 2.45) is 5.41 Å². The van der Waals surface area contributed by atoms with Crippen LogP contribution >= 0.6 is 0 Å². The first kappa shape index (κ1) is 20.6. The molecule has 5 nitrogen and oxygen atoms in total. The van der Waals surface area contributed by atoms with Gasteiger partial charge in [0.1, 0.15) is 5.75 Å². The van der Waals surface area contributed by atoms with Gasteiger partial charge in [0.25, 0.3) is 5.78 Å². The molecule has 0 spiro atoms. The summed E-state index contributed by atoms with van der Waals surface area (Å²) in [7, 11) is -0.909. The first-order valence-corrected chi connectivity index (χ1v) is 10.5. The lowest BCUT2D eigenvalue weighted by atomic mass is 9.86. The van der Waals surface area contributed by atoms with Crippen molar-refractivity contribution in [1.29, 1.82) is 0 Å². The summed E-state index contributed by atoms with van der Waals surface area (Å²) >= 11 is 0. The number of nitrogens with one attached hydrogen (secondary N) is 1. The Hall–Kier alpha value is -1.66. The van der Waals surface area contributed by atoms with Gasteiger partial charge in [0.15, 0.2) is 0 Å². The lowest BCUT2D eigenvalue weighted by Crippen LogP contribution is -2.54. The molecule has 0 amide bonds. The second kappa shape index (κ2) is 9.33. The average Bonchev–Trinajstić information content (AvgIpc) is 2.67. The average molecular weight is 379 g/mol. The summed E-state index contributed by atoms with van der Waals surface area (Å²) in [6, 6.07) is 9.79. The molecule has 1 unspecified atom stereocenters. The molecule has 6 heteroatoms. The van der Waals surface area contributed by atoms with Gasteiger partial charge in [-0.05, 0) is 12.0 Å². The van der Waals surface area contributed by atoms with E-state index in [9.17, 15) is 14.4 Å². The Bertz CT molecular complexity index is 644. The predicted octanol–water partition coefficient (Wildman–Crippen LogP) is 1.89. The number of carbonyl (C=O) groups is 3. The minimum Gasteiger partial charge on any atom is -0.462 e. The fourth-order valence-corrected chi connectivity index (χ4v) is 4.87. The smallest absolute Gasteiger partial charge is 0.398 e. The van der Waals surface area contributed by atoms with E-state index in [0.29, 0.717) is 31.7 Å². The third-order valence-electron chi connectivity index (χ3n) is 4.83. The molecule has 0 aliphatic carbocycles. The van der Waals surface area contributed by atoms with E-state index in [1.807, 2.05) is 37.3 Å². The van der Waals surface area contributed by atoms with E-state index >= 15 is 0 Å². The molecule has 2 rings (SSSR count). The highest BCUT2D eigenvalue weighted by molar-refractivity contribution is 8.13. The molecular formula is C20H28NO4S+. The summed E-state index contributed by atoms with van der Waals surface area (Å²) in [6.45, 7) is 6.77. The number of Topliss-reactive ketones (excluding diaryl/α,β-unsaturated/α-hetero) is 1. The van der Waals surface area contributed by atoms with Crippen LogP contribution in [0, 0.1) is 5.41 Å². The van der Waals surface area contributed by atoms with Crippen LogP contribution in [0.1, 0.15) is 32.8 Å². The number of rotatable bonds is 7. The van der Waals surface area contributed by atoms with Crippen molar-refractivity contribution in [2.75, 3.05) is 25.4 Å². The van der Waals surface area contributed by atoms with Crippen molar-refractivity contribution in [2.45, 2.75) is 38.9 Å². The molecule has 1 fully saturated rings. The van der Waals surface area contributed by atoms with Crippen molar-refractivity contribution < 1.29 is 19.1 Å². The van der Waals surface area contributed by atoms with E-state index < -0.39 is 26.7 Å². The van der Waals surface area contributed by atoms with Crippen LogP contribution in [0.25, 0.3) is 0 Å². The Labute approximate surface area is 158 Å². The summed E-state index contributed by atoms with van der Waals surface area (Å²) in [5, 5.41) is 2.18. The topological polar surface area (TPSA) is 72.5 Å². The number of ether oxygens (including phenoxy) is 1. The standard InChI is InChI=1S/C20H28NO4S/c1-4-20(2,3)17(22)19(24)26-13-11-21-14-16(26)18(23)25-12-10-15-8-6-5-7-9-15/h5-9,16,21H,4,10-14H2,1-3H3/q+1/t16-,26?/m0/s1. The van der Waals surface area contributed by atoms with Crippen LogP contribution in [-0.2, 0) is 36.4 Å². The van der Waals surface area contributed by atoms with E-state index in [1.165, 1.54) is 0 Å². The quantitative estimate of drug-likeness (QED) is 0.446. The van der Waals surface area contributed by atoms with Gasteiger partial charge < -0.3 is 10.1 Å². The van der Waals surface area contributed by atoms with Crippen molar-refractivity contribution in [3.63, 3.8) is 0 Å². The Morgan fingerprint density at radius 3 is 2.58 bits per heavy atom. The van der Waals surface area contributed by atoms with Gasteiger partial charge in [0.05, 0.1) is 24.0 Å². The molecule has 1 heterocycles. The van der Waals surface area contributed by atoms with Crippen LogP contribution in [0.4, 0.5) is 0 Å². The zero-order chi connectivity index (χ0) is 19.2. The van der Waals surface area contributed by atoms with E-state index in [1.54, 1.807) is 13.8 Å². The zero-order valence-corrected chi connectivity index (χ0v) is 16.6. The van der Waals surface area contributed by atoms with E-state index in [-0.39, 0.29) is 18.4 Å². The monoisotopic (exact) mass is 378 g/mol. The van der Waals surface area contributed by atoms with Gasteiger partial charge in [-0.15, -0.1) is 0 Å². The maximum Gasteiger partial charge on any atom is 0.398 e. The molecular weight excluding hydrogens is 350 g/mol. The lowest BCUT2D eigenvalue weighted by Gasteiger charge is -2.24. The van der Waals surface area contributed by atoms with Crippen LogP contribution in [0.15, 0.2) is 30.3 Å². The van der Waals surface area contributed by atoms with Gasteiger partial charge in [0.2, 0.25) is 5.25 Å². The second-order valence-electron chi connectivity index (χ2n) is 7.08. The Kier molecular flexibility index (Phi) is 7.41. The number of hydrogen-bond donors (Lipinski definition) is 1. The fourth-order valence-electron chi connectivity index (χ4n) is 2.64. The third-order valence-corrected chi connectivity index (χ3v) is 7.19. The second-order valence-corrected chi connectivity index (χ2v) is 9.29. The normalized spacial score (nSPS) is 20.4. The van der Waals surface area contributed by atoms with Crippen LogP contribution in [0.5, 0.6) is 0 Å². The molecule has 0 bridgehead atoms. The largest absolute Gasteiger partial charge is 0.462 e. The van der Waals surface area contributed by atoms with Crippen LogP contribution < -0.4 is 5.32 Å². The van der Waals surface area contributed by atoms with Crippen molar-refractivity contribution in [1.82, 2.24) is 5.32 Å². The minimum atomic E-state index is -0.909. The molecule has 0 saturated carbocycles. The number of carbonyl (C=O) groups excluding carboxylic acids is 3. The summed E-state index contributed by atoms with van der Waals surface area (Å²) in [5.74, 6) is -0.234. The molecule has 1 N–H and O–H groups in total. The molecule has 0 radical (unpaired) electrons. The van der Waals surface area contributed by atoms with Gasteiger partial charge in [-0.3, -0.25) is 4.79 Å². The fraction of sp³-hybridized carbons (Fsp3) is 0.550. The van der Waals surface area contributed by atoms with Gasteiger partial charge in [-0.25, -0.2) is 9.59 Å². The molecule has 1 aliphatic rings. The van der Waals surface area contributed by atoms with E-state index in [0.717, 1.165) is 5.56 Å². The predicted molar refractivity (Wildman–Crippen MR) is 104 cm³/mol. The molecule has 142 valence electrons. The highest BCUT2D eigenvalue weighted by Gasteiger charge is 2.51. The number of hydrogen-bond acceptors (Lipinski definition) is 5. The van der Waals surface area contributed by atoms with Crippen molar-refractivity contribution in [3.8, 4) is 0 Å². The number of esters is 1. The van der Waals surface area contributed by atoms with Crippen molar-refractivity contribution >= 4 is 27.8 Å². The van der Waals surface area contributed by atoms with Gasteiger partial charge in [-0.2, -0.15) is 0 Å². The maximum absolute atomic E-state index is 12.7. The van der Waals surface area contributed by atoms with Crippen LogP contribution in [0.2, 0.25) is 0 Å². The third kappa shape index (κ3) is 5.17. The first-order chi connectivity index (χ1) is 12.4. The molecule has 26 heavy (non-hydrogen) atoms. The molecule has 1 aliphatic heterocycles. The number of benzene rings is 1. The molecule has 0 aromatic heterocycles. The van der Waals surface area contributed by atoms with E-state index in [2.05, 4.69) is 5.32 Å². The minimum absolute atomic E-state index is 0.277. The molecule has 1 aromatic carbocycles.